The van der Waals surface area contributed by atoms with Crippen LogP contribution in [0.25, 0.3) is 0 Å². The molecule has 0 radical (unpaired) electrons. The fourth-order valence-electron chi connectivity index (χ4n) is 1.19. The van der Waals surface area contributed by atoms with Gasteiger partial charge in [-0.1, -0.05) is 0 Å². The molecule has 1 N–H and O–H groups in total. The van der Waals surface area contributed by atoms with Crippen LogP contribution in [-0.2, 0) is 0 Å². The molecule has 76 valence electrons. The molecule has 0 aliphatic heterocycles. The third kappa shape index (κ3) is 1.71. The van der Waals surface area contributed by atoms with Crippen LogP contribution in [0.1, 0.15) is 32.5 Å². The lowest BCUT2D eigenvalue weighted by Gasteiger charge is -1.89. The van der Waals surface area contributed by atoms with Crippen LogP contribution >= 0.6 is 0 Å². The van der Waals surface area contributed by atoms with Crippen molar-refractivity contribution in [3.05, 3.63) is 41.4 Å². The van der Waals surface area contributed by atoms with E-state index in [0.717, 1.165) is 0 Å². The van der Waals surface area contributed by atoms with Gasteiger partial charge in [0.05, 0.1) is 11.9 Å². The quantitative estimate of drug-likeness (QED) is 0.604. The van der Waals surface area contributed by atoms with Crippen LogP contribution in [0.15, 0.2) is 22.9 Å². The molecule has 5 heteroatoms. The Balaban J connectivity index is 2.31. The van der Waals surface area contributed by atoms with Gasteiger partial charge in [-0.25, -0.2) is 4.98 Å². The third-order valence-electron chi connectivity index (χ3n) is 1.91. The van der Waals surface area contributed by atoms with Crippen molar-refractivity contribution in [3.8, 4) is 0 Å². The van der Waals surface area contributed by atoms with Gasteiger partial charge < -0.3 is 9.40 Å². The van der Waals surface area contributed by atoms with E-state index in [0.29, 0.717) is 23.3 Å². The van der Waals surface area contributed by atoms with Gasteiger partial charge >= 0.3 is 0 Å². The molecule has 0 fully saturated rings. The van der Waals surface area contributed by atoms with Gasteiger partial charge in [0.25, 0.3) is 5.89 Å². The highest BCUT2D eigenvalue weighted by Gasteiger charge is 2.15. The van der Waals surface area contributed by atoms with Gasteiger partial charge in [-0.3, -0.25) is 9.59 Å². The van der Waals surface area contributed by atoms with Crippen molar-refractivity contribution in [2.45, 2.75) is 6.92 Å². The molecule has 2 heterocycles. The molecule has 0 aromatic carbocycles. The zero-order valence-corrected chi connectivity index (χ0v) is 7.98. The van der Waals surface area contributed by atoms with Gasteiger partial charge in [0.2, 0.25) is 5.78 Å². The zero-order valence-electron chi connectivity index (χ0n) is 7.98. The first-order valence-electron chi connectivity index (χ1n) is 4.31. The average Bonchev–Trinajstić information content (AvgIpc) is 2.84. The van der Waals surface area contributed by atoms with Gasteiger partial charge in [0.15, 0.2) is 6.29 Å². The van der Waals surface area contributed by atoms with Crippen LogP contribution < -0.4 is 0 Å². The Hall–Kier alpha value is -2.17. The molecule has 2 aromatic rings. The topological polar surface area (TPSA) is 76.0 Å². The third-order valence-corrected chi connectivity index (χ3v) is 1.91. The molecule has 0 unspecified atom stereocenters. The number of carbonyl (C=O) groups is 2. The van der Waals surface area contributed by atoms with Crippen molar-refractivity contribution in [1.82, 2.24) is 9.97 Å². The van der Waals surface area contributed by atoms with Crippen LogP contribution in [0.5, 0.6) is 0 Å². The summed E-state index contributed by atoms with van der Waals surface area (Å²) in [6.07, 6.45) is 3.56. The normalized spacial score (nSPS) is 10.2. The SMILES string of the molecule is Cc1cnc(C(=O)c2c[nH]c(C=O)c2)o1. The largest absolute Gasteiger partial charge is 0.439 e. The minimum absolute atomic E-state index is 0.0314. The van der Waals surface area contributed by atoms with Crippen LogP contribution in [0, 0.1) is 6.92 Å². The van der Waals surface area contributed by atoms with Crippen molar-refractivity contribution in [2.75, 3.05) is 0 Å². The molecule has 2 aromatic heterocycles. The first kappa shape index (κ1) is 9.39. The van der Waals surface area contributed by atoms with E-state index in [2.05, 4.69) is 9.97 Å². The summed E-state index contributed by atoms with van der Waals surface area (Å²) in [5.74, 6) is 0.265. The van der Waals surface area contributed by atoms with E-state index in [-0.39, 0.29) is 11.7 Å². The van der Waals surface area contributed by atoms with E-state index in [1.807, 2.05) is 0 Å². The van der Waals surface area contributed by atoms with Crippen molar-refractivity contribution in [2.24, 2.45) is 0 Å². The van der Waals surface area contributed by atoms with Crippen molar-refractivity contribution in [3.63, 3.8) is 0 Å². The summed E-state index contributed by atoms with van der Waals surface area (Å²) in [4.78, 5) is 28.6. The minimum Gasteiger partial charge on any atom is -0.439 e. The van der Waals surface area contributed by atoms with Gasteiger partial charge in [-0.15, -0.1) is 0 Å². The minimum atomic E-state index is -0.340. The molecule has 0 amide bonds. The first-order valence-corrected chi connectivity index (χ1v) is 4.31. The van der Waals surface area contributed by atoms with E-state index in [1.54, 1.807) is 6.92 Å². The van der Waals surface area contributed by atoms with Gasteiger partial charge in [0, 0.05) is 11.8 Å². The van der Waals surface area contributed by atoms with E-state index in [9.17, 15) is 9.59 Å². The number of oxazole rings is 1. The number of hydrogen-bond acceptors (Lipinski definition) is 4. The predicted molar refractivity (Wildman–Crippen MR) is 50.9 cm³/mol. The van der Waals surface area contributed by atoms with E-state index < -0.39 is 0 Å². The molecule has 0 saturated heterocycles. The molecule has 0 bridgehead atoms. The number of carbonyl (C=O) groups excluding carboxylic acids is 2. The number of aldehydes is 1. The van der Waals surface area contributed by atoms with Crippen molar-refractivity contribution < 1.29 is 14.0 Å². The summed E-state index contributed by atoms with van der Waals surface area (Å²) >= 11 is 0. The smallest absolute Gasteiger partial charge is 0.268 e. The number of aryl methyl sites for hydroxylation is 1. The Labute approximate surface area is 85.1 Å². The molecule has 2 rings (SSSR count). The monoisotopic (exact) mass is 204 g/mol. The fraction of sp³-hybridized carbons (Fsp3) is 0.100. The number of aromatic nitrogens is 2. The Morgan fingerprint density at radius 2 is 2.40 bits per heavy atom. The predicted octanol–water partition coefficient (Wildman–Crippen LogP) is 1.35. The van der Waals surface area contributed by atoms with Gasteiger partial charge in [0.1, 0.15) is 5.76 Å². The maximum atomic E-state index is 11.7. The van der Waals surface area contributed by atoms with Crippen LogP contribution in [0.2, 0.25) is 0 Å². The molecule has 0 atom stereocenters. The second kappa shape index (κ2) is 3.53. The number of nitrogens with one attached hydrogen (secondary N) is 1. The molecule has 5 nitrogen and oxygen atoms in total. The molecule has 0 aliphatic rings. The maximum Gasteiger partial charge on any atom is 0.268 e. The Kier molecular flexibility index (Phi) is 2.21. The highest BCUT2D eigenvalue weighted by Crippen LogP contribution is 2.10. The number of nitrogens with zero attached hydrogens (tertiary/aromatic N) is 1. The Bertz CT molecular complexity index is 510. The number of rotatable bonds is 3. The summed E-state index contributed by atoms with van der Waals surface area (Å²) in [7, 11) is 0. The molecular weight excluding hydrogens is 196 g/mol. The standard InChI is InChI=1S/C10H8N2O3/c1-6-3-12-10(15-6)9(14)7-2-8(5-13)11-4-7/h2-5,11H,1H3. The lowest BCUT2D eigenvalue weighted by Crippen LogP contribution is -1.99. The summed E-state index contributed by atoms with van der Waals surface area (Å²) in [6.45, 7) is 1.71. The average molecular weight is 204 g/mol. The maximum absolute atomic E-state index is 11.7. The van der Waals surface area contributed by atoms with Gasteiger partial charge in [-0.05, 0) is 13.0 Å². The second-order valence-corrected chi connectivity index (χ2v) is 3.07. The van der Waals surface area contributed by atoms with Crippen molar-refractivity contribution in [1.29, 1.82) is 0 Å². The molecule has 0 spiro atoms. The van der Waals surface area contributed by atoms with E-state index in [1.165, 1.54) is 18.5 Å². The van der Waals surface area contributed by atoms with Crippen LogP contribution in [0.4, 0.5) is 0 Å². The molecule has 15 heavy (non-hydrogen) atoms. The number of ketones is 1. The molecule has 0 aliphatic carbocycles. The number of aromatic amines is 1. The van der Waals surface area contributed by atoms with Crippen LogP contribution in [-0.4, -0.2) is 22.0 Å². The van der Waals surface area contributed by atoms with Crippen molar-refractivity contribution >= 4 is 12.1 Å². The summed E-state index contributed by atoms with van der Waals surface area (Å²) < 4.78 is 5.08. The summed E-state index contributed by atoms with van der Waals surface area (Å²) in [5.41, 5.74) is 0.709. The van der Waals surface area contributed by atoms with E-state index >= 15 is 0 Å². The highest BCUT2D eigenvalue weighted by molar-refractivity contribution is 6.06. The number of hydrogen-bond donors (Lipinski definition) is 1. The lowest BCUT2D eigenvalue weighted by atomic mass is 10.2. The highest BCUT2D eigenvalue weighted by atomic mass is 16.4. The first-order chi connectivity index (χ1) is 7.20. The van der Waals surface area contributed by atoms with Crippen LogP contribution in [0.3, 0.4) is 0 Å². The molecular formula is C10H8N2O3. The second-order valence-electron chi connectivity index (χ2n) is 3.07. The number of H-pyrrole nitrogens is 1. The Morgan fingerprint density at radius 1 is 1.60 bits per heavy atom. The van der Waals surface area contributed by atoms with Gasteiger partial charge in [-0.2, -0.15) is 0 Å². The summed E-state index contributed by atoms with van der Waals surface area (Å²) in [5, 5.41) is 0. The van der Waals surface area contributed by atoms with E-state index in [4.69, 9.17) is 4.42 Å². The zero-order chi connectivity index (χ0) is 10.8. The Morgan fingerprint density at radius 3 is 2.93 bits per heavy atom. The fourth-order valence-corrected chi connectivity index (χ4v) is 1.19. The lowest BCUT2D eigenvalue weighted by molar-refractivity contribution is 0.100. The molecule has 0 saturated carbocycles. The summed E-state index contributed by atoms with van der Waals surface area (Å²) in [6, 6.07) is 1.45.